The van der Waals surface area contributed by atoms with Gasteiger partial charge in [0.05, 0.1) is 17.6 Å². The zero-order chi connectivity index (χ0) is 13.1. The number of aryl methyl sites for hydroxylation is 1. The Balaban J connectivity index is 2.03. The molecule has 1 fully saturated rings. The highest BCUT2D eigenvalue weighted by Gasteiger charge is 2.29. The topological polar surface area (TPSA) is 61.1 Å². The molecule has 0 radical (unpaired) electrons. The van der Waals surface area contributed by atoms with Gasteiger partial charge in [0.25, 0.3) is 0 Å². The Morgan fingerprint density at radius 1 is 1.50 bits per heavy atom. The lowest BCUT2D eigenvalue weighted by molar-refractivity contribution is -0.141. The molecule has 18 heavy (non-hydrogen) atoms. The molecule has 0 saturated heterocycles. The number of hydrogen-bond donors (Lipinski definition) is 1. The van der Waals surface area contributed by atoms with Gasteiger partial charge in [0.1, 0.15) is 0 Å². The lowest BCUT2D eigenvalue weighted by atomic mass is 9.93. The van der Waals surface area contributed by atoms with Gasteiger partial charge in [0.15, 0.2) is 0 Å². The van der Waals surface area contributed by atoms with Crippen molar-refractivity contribution in [1.82, 2.24) is 0 Å². The van der Waals surface area contributed by atoms with E-state index in [2.05, 4.69) is 6.07 Å². The van der Waals surface area contributed by atoms with Crippen LogP contribution in [0.15, 0.2) is 18.2 Å². The molecule has 0 bridgehead atoms. The van der Waals surface area contributed by atoms with Crippen molar-refractivity contribution in [2.75, 3.05) is 0 Å². The fraction of sp³-hybridized carbons (Fsp3) is 0.467. The summed E-state index contributed by atoms with van der Waals surface area (Å²) in [5, 5.41) is 17.8. The van der Waals surface area contributed by atoms with Gasteiger partial charge < -0.3 is 5.11 Å². The van der Waals surface area contributed by atoms with Gasteiger partial charge in [-0.05, 0) is 61.8 Å². The number of nitrogens with zero attached hydrogens (tertiary/aromatic N) is 1. The van der Waals surface area contributed by atoms with Crippen LogP contribution in [0.1, 0.15) is 36.0 Å². The molecule has 0 aromatic heterocycles. The smallest absolute Gasteiger partial charge is 0.306 e. The van der Waals surface area contributed by atoms with Crippen LogP contribution in [0.4, 0.5) is 0 Å². The summed E-state index contributed by atoms with van der Waals surface area (Å²) in [5.41, 5.74) is 3.06. The molecular weight excluding hydrogens is 226 g/mol. The van der Waals surface area contributed by atoms with Gasteiger partial charge >= 0.3 is 5.97 Å². The summed E-state index contributed by atoms with van der Waals surface area (Å²) in [6.07, 6.45) is 3.52. The van der Waals surface area contributed by atoms with Crippen molar-refractivity contribution in [1.29, 1.82) is 5.26 Å². The van der Waals surface area contributed by atoms with E-state index >= 15 is 0 Å². The normalized spacial score (nSPS) is 22.7. The van der Waals surface area contributed by atoms with Crippen molar-refractivity contribution in [3.8, 4) is 6.07 Å². The molecule has 3 nitrogen and oxygen atoms in total. The first kappa shape index (κ1) is 12.6. The van der Waals surface area contributed by atoms with E-state index in [1.54, 1.807) is 0 Å². The molecule has 1 N–H and O–H groups in total. The molecular formula is C15H17NO2. The molecule has 1 aliphatic rings. The van der Waals surface area contributed by atoms with E-state index < -0.39 is 5.97 Å². The van der Waals surface area contributed by atoms with Crippen LogP contribution in [0, 0.1) is 30.1 Å². The second-order valence-corrected chi connectivity index (χ2v) is 5.17. The fourth-order valence-electron chi connectivity index (χ4n) is 2.79. The maximum absolute atomic E-state index is 10.9. The summed E-state index contributed by atoms with van der Waals surface area (Å²) in [6.45, 7) is 2.01. The molecule has 0 heterocycles. The van der Waals surface area contributed by atoms with E-state index in [4.69, 9.17) is 10.4 Å². The quantitative estimate of drug-likeness (QED) is 0.887. The summed E-state index contributed by atoms with van der Waals surface area (Å²) >= 11 is 0. The van der Waals surface area contributed by atoms with E-state index in [1.807, 2.05) is 25.1 Å². The Labute approximate surface area is 107 Å². The van der Waals surface area contributed by atoms with Crippen molar-refractivity contribution in [2.24, 2.45) is 11.8 Å². The Kier molecular flexibility index (Phi) is 3.66. The molecule has 0 spiro atoms. The van der Waals surface area contributed by atoms with E-state index in [-0.39, 0.29) is 5.92 Å². The van der Waals surface area contributed by atoms with Crippen molar-refractivity contribution in [3.05, 3.63) is 34.9 Å². The number of carboxylic acid groups (broad SMARTS) is 1. The minimum absolute atomic E-state index is 0.159. The van der Waals surface area contributed by atoms with E-state index in [0.717, 1.165) is 31.2 Å². The second kappa shape index (κ2) is 5.22. The van der Waals surface area contributed by atoms with Crippen molar-refractivity contribution in [2.45, 2.75) is 32.6 Å². The molecule has 0 aliphatic heterocycles. The predicted molar refractivity (Wildman–Crippen MR) is 68.1 cm³/mol. The van der Waals surface area contributed by atoms with Gasteiger partial charge in [0.2, 0.25) is 0 Å². The van der Waals surface area contributed by atoms with Crippen molar-refractivity contribution >= 4 is 5.97 Å². The Bertz CT molecular complexity index is 502. The van der Waals surface area contributed by atoms with E-state index in [1.165, 1.54) is 5.56 Å². The average molecular weight is 243 g/mol. The van der Waals surface area contributed by atoms with Crippen LogP contribution in [0.5, 0.6) is 0 Å². The summed E-state index contributed by atoms with van der Waals surface area (Å²) in [4.78, 5) is 10.9. The molecule has 2 rings (SSSR count). The second-order valence-electron chi connectivity index (χ2n) is 5.17. The van der Waals surface area contributed by atoms with Gasteiger partial charge in [0, 0.05) is 0 Å². The number of carbonyl (C=O) groups is 1. The Morgan fingerprint density at radius 2 is 2.28 bits per heavy atom. The van der Waals surface area contributed by atoms with E-state index in [9.17, 15) is 4.79 Å². The highest BCUT2D eigenvalue weighted by molar-refractivity contribution is 5.70. The number of benzene rings is 1. The molecule has 2 atom stereocenters. The third kappa shape index (κ3) is 2.70. The van der Waals surface area contributed by atoms with Crippen LogP contribution in [0.3, 0.4) is 0 Å². The fourth-order valence-corrected chi connectivity index (χ4v) is 2.79. The Hall–Kier alpha value is -1.82. The summed E-state index contributed by atoms with van der Waals surface area (Å²) < 4.78 is 0. The molecule has 3 heteroatoms. The average Bonchev–Trinajstić information content (AvgIpc) is 2.80. The minimum Gasteiger partial charge on any atom is -0.481 e. The molecule has 1 aromatic carbocycles. The highest BCUT2D eigenvalue weighted by atomic mass is 16.4. The Morgan fingerprint density at radius 3 is 2.83 bits per heavy atom. The lowest BCUT2D eigenvalue weighted by Gasteiger charge is -2.12. The van der Waals surface area contributed by atoms with Gasteiger partial charge in [-0.25, -0.2) is 0 Å². The number of aliphatic carboxylic acids is 1. The zero-order valence-corrected chi connectivity index (χ0v) is 10.5. The largest absolute Gasteiger partial charge is 0.481 e. The number of carboxylic acids is 1. The SMILES string of the molecule is Cc1cc(C#N)ccc1C[C@H]1CC[C@@H](C(=O)O)C1. The zero-order valence-electron chi connectivity index (χ0n) is 10.5. The first-order chi connectivity index (χ1) is 8.60. The van der Waals surface area contributed by atoms with Crippen molar-refractivity contribution in [3.63, 3.8) is 0 Å². The maximum atomic E-state index is 10.9. The van der Waals surface area contributed by atoms with Crippen molar-refractivity contribution < 1.29 is 9.90 Å². The molecule has 1 aromatic rings. The standard InChI is InChI=1S/C15H17NO2/c1-10-6-12(9-16)3-4-13(10)7-11-2-5-14(8-11)15(17)18/h3-4,6,11,14H,2,5,7-8H2,1H3,(H,17,18)/t11-,14-/m1/s1. The number of nitriles is 1. The van der Waals surface area contributed by atoms with Crippen LogP contribution in [0.25, 0.3) is 0 Å². The third-order valence-electron chi connectivity index (χ3n) is 3.87. The molecule has 1 saturated carbocycles. The molecule has 94 valence electrons. The highest BCUT2D eigenvalue weighted by Crippen LogP contribution is 2.33. The summed E-state index contributed by atoms with van der Waals surface area (Å²) in [5.74, 6) is -0.347. The number of rotatable bonds is 3. The van der Waals surface area contributed by atoms with E-state index in [0.29, 0.717) is 11.5 Å². The van der Waals surface area contributed by atoms with Gasteiger partial charge in [-0.3, -0.25) is 4.79 Å². The maximum Gasteiger partial charge on any atom is 0.306 e. The van der Waals surface area contributed by atoms with Crippen LogP contribution < -0.4 is 0 Å². The monoisotopic (exact) mass is 243 g/mol. The molecule has 0 unspecified atom stereocenters. The van der Waals surface area contributed by atoms with Gasteiger partial charge in [-0.15, -0.1) is 0 Å². The predicted octanol–water partition coefficient (Wildman–Crippen LogP) is 2.91. The van der Waals surface area contributed by atoms with Crippen LogP contribution in [-0.2, 0) is 11.2 Å². The van der Waals surface area contributed by atoms with Crippen LogP contribution in [0.2, 0.25) is 0 Å². The summed E-state index contributed by atoms with van der Waals surface area (Å²) in [7, 11) is 0. The molecule has 0 amide bonds. The first-order valence-corrected chi connectivity index (χ1v) is 6.32. The van der Waals surface area contributed by atoms with Crippen LogP contribution >= 0.6 is 0 Å². The summed E-state index contributed by atoms with van der Waals surface area (Å²) in [6, 6.07) is 7.88. The van der Waals surface area contributed by atoms with Gasteiger partial charge in [-0.2, -0.15) is 5.26 Å². The van der Waals surface area contributed by atoms with Gasteiger partial charge in [-0.1, -0.05) is 6.07 Å². The number of hydrogen-bond acceptors (Lipinski definition) is 2. The third-order valence-corrected chi connectivity index (χ3v) is 3.87. The lowest BCUT2D eigenvalue weighted by Crippen LogP contribution is -2.10. The molecule has 1 aliphatic carbocycles. The first-order valence-electron chi connectivity index (χ1n) is 6.32. The minimum atomic E-state index is -0.658. The van der Waals surface area contributed by atoms with Crippen LogP contribution in [-0.4, -0.2) is 11.1 Å².